The van der Waals surface area contributed by atoms with Crippen LogP contribution in [0.2, 0.25) is 0 Å². The van der Waals surface area contributed by atoms with Gasteiger partial charge in [-0.3, -0.25) is 19.3 Å². The Kier molecular flexibility index (Phi) is 5.61. The lowest BCUT2D eigenvalue weighted by Gasteiger charge is -2.37. The van der Waals surface area contributed by atoms with Crippen molar-refractivity contribution in [2.45, 2.75) is 46.0 Å². The smallest absolute Gasteiger partial charge is 0.233 e. The standard InChI is InChI=1S/C23H31N3O3/c1-16-6-5-9-20(17(16)2)24-12-14-25(15-13-24)21(27)10-11-26-22(28)18-7-3-4-8-19(18)23(26)29/h5-6,9,18-19H,3-4,7-8,10-15H2,1-2H3/t18-,19+. The van der Waals surface area contributed by atoms with Crippen molar-refractivity contribution in [2.75, 3.05) is 37.6 Å². The molecule has 1 aliphatic carbocycles. The minimum absolute atomic E-state index is 0.0427. The Bertz CT molecular complexity index is 790. The molecule has 0 bridgehead atoms. The van der Waals surface area contributed by atoms with Crippen LogP contribution < -0.4 is 4.90 Å². The van der Waals surface area contributed by atoms with Crippen molar-refractivity contribution < 1.29 is 14.4 Å². The summed E-state index contributed by atoms with van der Waals surface area (Å²) < 4.78 is 0. The summed E-state index contributed by atoms with van der Waals surface area (Å²) in [5, 5.41) is 0. The number of aryl methyl sites for hydroxylation is 1. The molecule has 2 aliphatic heterocycles. The molecule has 2 saturated heterocycles. The van der Waals surface area contributed by atoms with E-state index in [4.69, 9.17) is 0 Å². The van der Waals surface area contributed by atoms with E-state index in [0.717, 1.165) is 38.8 Å². The molecule has 1 aromatic rings. The van der Waals surface area contributed by atoms with Crippen LogP contribution in [-0.2, 0) is 14.4 Å². The summed E-state index contributed by atoms with van der Waals surface area (Å²) in [5.41, 5.74) is 3.81. The van der Waals surface area contributed by atoms with Gasteiger partial charge >= 0.3 is 0 Å². The highest BCUT2D eigenvalue weighted by Gasteiger charge is 2.47. The second-order valence-electron chi connectivity index (χ2n) is 8.66. The zero-order valence-electron chi connectivity index (χ0n) is 17.5. The number of carbonyl (C=O) groups excluding carboxylic acids is 3. The number of hydrogen-bond acceptors (Lipinski definition) is 4. The molecular weight excluding hydrogens is 366 g/mol. The van der Waals surface area contributed by atoms with E-state index in [9.17, 15) is 14.4 Å². The first-order chi connectivity index (χ1) is 14.0. The van der Waals surface area contributed by atoms with Gasteiger partial charge in [0.1, 0.15) is 0 Å². The average molecular weight is 398 g/mol. The first-order valence-electron chi connectivity index (χ1n) is 10.9. The predicted octanol–water partition coefficient (Wildman–Crippen LogP) is 2.52. The van der Waals surface area contributed by atoms with Gasteiger partial charge in [-0.25, -0.2) is 0 Å². The number of hydrogen-bond donors (Lipinski definition) is 0. The molecule has 4 rings (SSSR count). The van der Waals surface area contributed by atoms with Gasteiger partial charge in [-0.2, -0.15) is 0 Å². The maximum atomic E-state index is 12.7. The molecule has 0 radical (unpaired) electrons. The van der Waals surface area contributed by atoms with Gasteiger partial charge in [0.25, 0.3) is 0 Å². The van der Waals surface area contributed by atoms with Crippen LogP contribution in [0.15, 0.2) is 18.2 Å². The van der Waals surface area contributed by atoms with Crippen molar-refractivity contribution in [1.29, 1.82) is 0 Å². The van der Waals surface area contributed by atoms with Crippen molar-refractivity contribution in [1.82, 2.24) is 9.80 Å². The van der Waals surface area contributed by atoms with Gasteiger partial charge in [0.2, 0.25) is 17.7 Å². The summed E-state index contributed by atoms with van der Waals surface area (Å²) in [6.07, 6.45) is 3.93. The molecule has 0 N–H and O–H groups in total. The molecule has 1 aromatic carbocycles. The first-order valence-corrected chi connectivity index (χ1v) is 10.9. The molecule has 3 fully saturated rings. The molecule has 2 heterocycles. The topological polar surface area (TPSA) is 60.9 Å². The van der Waals surface area contributed by atoms with E-state index < -0.39 is 0 Å². The van der Waals surface area contributed by atoms with Gasteiger partial charge in [0, 0.05) is 44.8 Å². The molecular formula is C23H31N3O3. The molecule has 29 heavy (non-hydrogen) atoms. The van der Waals surface area contributed by atoms with Crippen LogP contribution in [0, 0.1) is 25.7 Å². The van der Waals surface area contributed by atoms with Crippen LogP contribution in [0.4, 0.5) is 5.69 Å². The van der Waals surface area contributed by atoms with E-state index in [1.807, 2.05) is 4.90 Å². The highest BCUT2D eigenvalue weighted by atomic mass is 16.2. The van der Waals surface area contributed by atoms with E-state index in [2.05, 4.69) is 36.9 Å². The molecule has 3 aliphatic rings. The Morgan fingerprint density at radius 1 is 0.966 bits per heavy atom. The maximum Gasteiger partial charge on any atom is 0.233 e. The molecule has 6 nitrogen and oxygen atoms in total. The SMILES string of the molecule is Cc1cccc(N2CCN(C(=O)CCN3C(=O)[C@H]4CCCC[C@H]4C3=O)CC2)c1C. The second-order valence-corrected chi connectivity index (χ2v) is 8.66. The van der Waals surface area contributed by atoms with E-state index in [1.165, 1.54) is 21.7 Å². The molecule has 2 atom stereocenters. The van der Waals surface area contributed by atoms with Gasteiger partial charge in [0.05, 0.1) is 11.8 Å². The largest absolute Gasteiger partial charge is 0.368 e. The van der Waals surface area contributed by atoms with Gasteiger partial charge in [0.15, 0.2) is 0 Å². The van der Waals surface area contributed by atoms with Crippen molar-refractivity contribution in [3.63, 3.8) is 0 Å². The lowest BCUT2D eigenvalue weighted by molar-refractivity contribution is -0.140. The Hall–Kier alpha value is -2.37. The fourth-order valence-electron chi connectivity index (χ4n) is 5.09. The number of imide groups is 1. The van der Waals surface area contributed by atoms with Crippen LogP contribution in [0.5, 0.6) is 0 Å². The Morgan fingerprint density at radius 3 is 2.21 bits per heavy atom. The number of benzene rings is 1. The Morgan fingerprint density at radius 2 is 1.59 bits per heavy atom. The number of carbonyl (C=O) groups is 3. The molecule has 0 unspecified atom stereocenters. The first kappa shape index (κ1) is 19.9. The summed E-state index contributed by atoms with van der Waals surface area (Å²) in [6.45, 7) is 7.47. The maximum absolute atomic E-state index is 12.7. The minimum Gasteiger partial charge on any atom is -0.368 e. The summed E-state index contributed by atoms with van der Waals surface area (Å²) in [6, 6.07) is 6.34. The van der Waals surface area contributed by atoms with Crippen molar-refractivity contribution in [3.8, 4) is 0 Å². The lowest BCUT2D eigenvalue weighted by atomic mass is 9.81. The van der Waals surface area contributed by atoms with E-state index >= 15 is 0 Å². The molecule has 1 saturated carbocycles. The van der Waals surface area contributed by atoms with E-state index in [1.54, 1.807) is 0 Å². The Balaban J connectivity index is 1.30. The number of piperazine rings is 1. The quantitative estimate of drug-likeness (QED) is 0.733. The van der Waals surface area contributed by atoms with Gasteiger partial charge in [-0.05, 0) is 43.9 Å². The zero-order valence-corrected chi connectivity index (χ0v) is 17.5. The zero-order chi connectivity index (χ0) is 20.5. The van der Waals surface area contributed by atoms with Crippen LogP contribution in [0.3, 0.4) is 0 Å². The summed E-state index contributed by atoms with van der Waals surface area (Å²) in [4.78, 5) is 43.4. The third-order valence-electron chi connectivity index (χ3n) is 7.03. The Labute approximate surface area is 172 Å². The number of anilines is 1. The monoisotopic (exact) mass is 397 g/mol. The van der Waals surface area contributed by atoms with Crippen LogP contribution in [0.25, 0.3) is 0 Å². The summed E-state index contributed by atoms with van der Waals surface area (Å²) in [7, 11) is 0. The molecule has 6 heteroatoms. The number of likely N-dealkylation sites (tertiary alicyclic amines) is 1. The van der Waals surface area contributed by atoms with Gasteiger partial charge in [-0.15, -0.1) is 0 Å². The summed E-state index contributed by atoms with van der Waals surface area (Å²) in [5.74, 6) is -0.319. The van der Waals surface area contributed by atoms with Crippen LogP contribution >= 0.6 is 0 Å². The fourth-order valence-corrected chi connectivity index (χ4v) is 5.09. The van der Waals surface area contributed by atoms with Crippen molar-refractivity contribution in [2.24, 2.45) is 11.8 Å². The van der Waals surface area contributed by atoms with Crippen molar-refractivity contribution >= 4 is 23.4 Å². The third-order valence-corrected chi connectivity index (χ3v) is 7.03. The van der Waals surface area contributed by atoms with E-state index in [0.29, 0.717) is 13.1 Å². The average Bonchev–Trinajstić information content (AvgIpc) is 2.99. The number of nitrogens with zero attached hydrogens (tertiary/aromatic N) is 3. The number of amides is 3. The van der Waals surface area contributed by atoms with Crippen molar-refractivity contribution in [3.05, 3.63) is 29.3 Å². The van der Waals surface area contributed by atoms with Crippen LogP contribution in [-0.4, -0.2) is 60.2 Å². The predicted molar refractivity (Wildman–Crippen MR) is 111 cm³/mol. The van der Waals surface area contributed by atoms with Gasteiger partial charge < -0.3 is 9.80 Å². The minimum atomic E-state index is -0.132. The molecule has 3 amide bonds. The highest BCUT2D eigenvalue weighted by Crippen LogP contribution is 2.38. The number of rotatable bonds is 4. The molecule has 0 aromatic heterocycles. The lowest BCUT2D eigenvalue weighted by Crippen LogP contribution is -2.49. The normalized spacial score (nSPS) is 24.8. The number of fused-ring (bicyclic) bond motifs is 1. The highest BCUT2D eigenvalue weighted by molar-refractivity contribution is 6.05. The van der Waals surface area contributed by atoms with Crippen LogP contribution in [0.1, 0.15) is 43.2 Å². The third kappa shape index (κ3) is 3.77. The van der Waals surface area contributed by atoms with E-state index in [-0.39, 0.29) is 42.5 Å². The second kappa shape index (κ2) is 8.17. The molecule has 156 valence electrons. The summed E-state index contributed by atoms with van der Waals surface area (Å²) >= 11 is 0. The van der Waals surface area contributed by atoms with Gasteiger partial charge in [-0.1, -0.05) is 25.0 Å². The fraction of sp³-hybridized carbons (Fsp3) is 0.609. The molecule has 0 spiro atoms.